The smallest absolute Gasteiger partial charge is 0.275 e. The topological polar surface area (TPSA) is 86.3 Å². The second-order valence-electron chi connectivity index (χ2n) is 8.27. The summed E-state index contributed by atoms with van der Waals surface area (Å²) in [7, 11) is 1.54. The number of carbonyl (C=O) groups is 1. The Balaban J connectivity index is 1.73. The molecule has 3 N–H and O–H groups in total. The van der Waals surface area contributed by atoms with Crippen molar-refractivity contribution in [2.45, 2.75) is 38.3 Å². The summed E-state index contributed by atoms with van der Waals surface area (Å²) < 4.78 is 20.8. The standard InChI is InChI=1S/C25H26FN3O3S/c1-13-8-17(26)11-18(9-13)28-23(30)20-12-33-25-22(32-4)19(21(27)24(31)29(20)25)10-16-7-5-6-14(2)15(16)3/h5-9,11,20H,10,12,27H2,1-4H3,(H,28,30). The summed E-state index contributed by atoms with van der Waals surface area (Å²) in [5, 5.41) is 3.30. The van der Waals surface area contributed by atoms with Crippen LogP contribution in [-0.4, -0.2) is 23.3 Å². The Labute approximate surface area is 196 Å². The van der Waals surface area contributed by atoms with Crippen molar-refractivity contribution in [2.75, 3.05) is 23.9 Å². The van der Waals surface area contributed by atoms with Crippen molar-refractivity contribution in [1.29, 1.82) is 0 Å². The highest BCUT2D eigenvalue weighted by Crippen LogP contribution is 2.42. The number of aromatic nitrogens is 1. The molecule has 1 aromatic heterocycles. The maximum atomic E-state index is 13.7. The summed E-state index contributed by atoms with van der Waals surface area (Å²) in [6.07, 6.45) is 0.450. The minimum Gasteiger partial charge on any atom is -0.494 e. The lowest BCUT2D eigenvalue weighted by Crippen LogP contribution is -2.34. The molecule has 2 heterocycles. The van der Waals surface area contributed by atoms with E-state index in [2.05, 4.69) is 5.32 Å². The van der Waals surface area contributed by atoms with Crippen molar-refractivity contribution in [3.63, 3.8) is 0 Å². The van der Waals surface area contributed by atoms with Gasteiger partial charge in [0.2, 0.25) is 5.91 Å². The first-order valence-electron chi connectivity index (χ1n) is 10.6. The van der Waals surface area contributed by atoms with Crippen molar-refractivity contribution >= 4 is 29.0 Å². The number of halogens is 1. The number of nitrogens with two attached hydrogens (primary N) is 1. The normalized spacial score (nSPS) is 14.8. The number of nitrogens with zero attached hydrogens (tertiary/aromatic N) is 1. The monoisotopic (exact) mass is 467 g/mol. The van der Waals surface area contributed by atoms with Gasteiger partial charge < -0.3 is 15.8 Å². The summed E-state index contributed by atoms with van der Waals surface area (Å²) in [5.41, 5.74) is 11.0. The lowest BCUT2D eigenvalue weighted by Gasteiger charge is -2.20. The molecule has 0 spiro atoms. The number of hydrogen-bond acceptors (Lipinski definition) is 5. The zero-order chi connectivity index (χ0) is 23.9. The predicted molar refractivity (Wildman–Crippen MR) is 130 cm³/mol. The molecule has 172 valence electrons. The first kappa shape index (κ1) is 22.9. The molecule has 0 saturated heterocycles. The van der Waals surface area contributed by atoms with Gasteiger partial charge in [0.05, 0.1) is 7.11 Å². The van der Waals surface area contributed by atoms with Gasteiger partial charge in [0.15, 0.2) is 5.75 Å². The Hall–Kier alpha value is -3.26. The lowest BCUT2D eigenvalue weighted by molar-refractivity contribution is -0.118. The van der Waals surface area contributed by atoms with Crippen LogP contribution in [0.1, 0.15) is 33.9 Å². The van der Waals surface area contributed by atoms with Crippen LogP contribution in [0.5, 0.6) is 5.75 Å². The molecule has 6 nitrogen and oxygen atoms in total. The van der Waals surface area contributed by atoms with E-state index in [9.17, 15) is 14.0 Å². The molecule has 8 heteroatoms. The number of ether oxygens (including phenoxy) is 1. The molecule has 33 heavy (non-hydrogen) atoms. The average molecular weight is 468 g/mol. The van der Waals surface area contributed by atoms with Crippen LogP contribution in [-0.2, 0) is 11.2 Å². The molecule has 2 aromatic carbocycles. The number of amides is 1. The molecule has 0 bridgehead atoms. The van der Waals surface area contributed by atoms with Crippen LogP contribution in [0, 0.1) is 26.6 Å². The summed E-state index contributed by atoms with van der Waals surface area (Å²) in [5.74, 6) is 0.00983. The molecule has 4 rings (SSSR count). The van der Waals surface area contributed by atoms with Crippen LogP contribution in [0.25, 0.3) is 0 Å². The maximum Gasteiger partial charge on any atom is 0.275 e. The van der Waals surface area contributed by atoms with E-state index < -0.39 is 23.3 Å². The Morgan fingerprint density at radius 3 is 2.73 bits per heavy atom. The van der Waals surface area contributed by atoms with E-state index in [1.807, 2.05) is 32.0 Å². The third-order valence-electron chi connectivity index (χ3n) is 6.05. The van der Waals surface area contributed by atoms with Crippen molar-refractivity contribution < 1.29 is 13.9 Å². The molecule has 0 radical (unpaired) electrons. The Morgan fingerprint density at radius 1 is 1.27 bits per heavy atom. The number of hydrogen-bond donors (Lipinski definition) is 2. The number of methoxy groups -OCH3 is 1. The number of anilines is 2. The highest BCUT2D eigenvalue weighted by atomic mass is 32.2. The number of carbonyl (C=O) groups excluding carboxylic acids is 1. The molecule has 1 atom stereocenters. The molecule has 1 unspecified atom stereocenters. The summed E-state index contributed by atoms with van der Waals surface area (Å²) in [4.78, 5) is 26.3. The van der Waals surface area contributed by atoms with Gasteiger partial charge in [-0.2, -0.15) is 0 Å². The van der Waals surface area contributed by atoms with E-state index in [1.54, 1.807) is 13.0 Å². The van der Waals surface area contributed by atoms with Gasteiger partial charge >= 0.3 is 0 Å². The summed E-state index contributed by atoms with van der Waals surface area (Å²) in [6, 6.07) is 9.54. The Bertz CT molecular complexity index is 1300. The fraction of sp³-hybridized carbons (Fsp3) is 0.280. The molecule has 3 aromatic rings. The number of rotatable bonds is 5. The lowest BCUT2D eigenvalue weighted by atomic mass is 9.96. The molecule has 1 aliphatic rings. The first-order valence-corrected chi connectivity index (χ1v) is 11.6. The van der Waals surface area contributed by atoms with Gasteiger partial charge in [0.25, 0.3) is 5.56 Å². The molecule has 0 aliphatic carbocycles. The van der Waals surface area contributed by atoms with Crippen LogP contribution < -0.4 is 21.3 Å². The molecule has 1 amide bonds. The average Bonchev–Trinajstić information content (AvgIpc) is 3.19. The molecule has 0 saturated carbocycles. The Kier molecular flexibility index (Phi) is 6.21. The van der Waals surface area contributed by atoms with Gasteiger partial charge in [-0.15, -0.1) is 11.8 Å². The van der Waals surface area contributed by atoms with Crippen LogP contribution in [0.4, 0.5) is 15.8 Å². The van der Waals surface area contributed by atoms with E-state index in [1.165, 1.54) is 35.6 Å². The quantitative estimate of drug-likeness (QED) is 0.582. The van der Waals surface area contributed by atoms with Gasteiger partial charge in [-0.1, -0.05) is 18.2 Å². The van der Waals surface area contributed by atoms with Gasteiger partial charge in [-0.05, 0) is 61.2 Å². The number of benzene rings is 2. The van der Waals surface area contributed by atoms with Crippen molar-refractivity contribution in [3.8, 4) is 5.75 Å². The summed E-state index contributed by atoms with van der Waals surface area (Å²) in [6.45, 7) is 5.82. The van der Waals surface area contributed by atoms with Crippen molar-refractivity contribution in [3.05, 3.63) is 80.4 Å². The highest BCUT2D eigenvalue weighted by Gasteiger charge is 2.35. The zero-order valence-corrected chi connectivity index (χ0v) is 19.8. The van der Waals surface area contributed by atoms with Gasteiger partial charge in [-0.3, -0.25) is 14.2 Å². The number of nitrogens with one attached hydrogen (secondary N) is 1. The molecule has 1 aliphatic heterocycles. The van der Waals surface area contributed by atoms with Gasteiger partial charge in [-0.25, -0.2) is 4.39 Å². The van der Waals surface area contributed by atoms with E-state index in [0.717, 1.165) is 16.7 Å². The number of pyridine rings is 1. The van der Waals surface area contributed by atoms with Crippen LogP contribution in [0.2, 0.25) is 0 Å². The fourth-order valence-electron chi connectivity index (χ4n) is 4.17. The number of fused-ring (bicyclic) bond motifs is 1. The van der Waals surface area contributed by atoms with Crippen LogP contribution >= 0.6 is 11.8 Å². The highest BCUT2D eigenvalue weighted by molar-refractivity contribution is 7.99. The third kappa shape index (κ3) is 4.23. The fourth-order valence-corrected chi connectivity index (χ4v) is 5.47. The maximum absolute atomic E-state index is 13.7. The van der Waals surface area contributed by atoms with Crippen LogP contribution in [0.3, 0.4) is 0 Å². The van der Waals surface area contributed by atoms with Gasteiger partial charge in [0, 0.05) is 23.4 Å². The Morgan fingerprint density at radius 2 is 2.03 bits per heavy atom. The minimum atomic E-state index is -0.785. The second kappa shape index (κ2) is 8.94. The predicted octanol–water partition coefficient (Wildman–Crippen LogP) is 4.38. The largest absolute Gasteiger partial charge is 0.494 e. The van der Waals surface area contributed by atoms with Crippen molar-refractivity contribution in [1.82, 2.24) is 4.57 Å². The summed E-state index contributed by atoms with van der Waals surface area (Å²) >= 11 is 1.37. The van der Waals surface area contributed by atoms with Crippen LogP contribution in [0.15, 0.2) is 46.2 Å². The number of aryl methyl sites for hydroxylation is 2. The van der Waals surface area contributed by atoms with E-state index in [0.29, 0.717) is 39.8 Å². The second-order valence-corrected chi connectivity index (χ2v) is 9.28. The van der Waals surface area contributed by atoms with Crippen molar-refractivity contribution in [2.24, 2.45) is 0 Å². The molecular weight excluding hydrogens is 441 g/mol. The van der Waals surface area contributed by atoms with E-state index in [4.69, 9.17) is 10.5 Å². The number of nitrogen functional groups attached to an aromatic ring is 1. The van der Waals surface area contributed by atoms with E-state index >= 15 is 0 Å². The van der Waals surface area contributed by atoms with E-state index in [-0.39, 0.29) is 5.69 Å². The molecule has 0 fully saturated rings. The first-order chi connectivity index (χ1) is 15.7. The minimum absolute atomic E-state index is 0.0680. The third-order valence-corrected chi connectivity index (χ3v) is 7.19. The zero-order valence-electron chi connectivity index (χ0n) is 19.0. The number of thioether (sulfide) groups is 1. The SMILES string of the molecule is COc1c(Cc2cccc(C)c2C)c(N)c(=O)n2c1SCC2C(=O)Nc1cc(C)cc(F)c1. The van der Waals surface area contributed by atoms with Gasteiger partial charge in [0.1, 0.15) is 22.6 Å². The molecular formula is C25H26FN3O3S.